The number of alkyl halides is 2. The molecular formula is C14H22F2N2O6. The topological polar surface area (TPSA) is 94.2 Å². The van der Waals surface area contributed by atoms with Gasteiger partial charge in [-0.1, -0.05) is 0 Å². The number of likely N-dealkylation sites (tertiary alicyclic amines) is 1. The van der Waals surface area contributed by atoms with Gasteiger partial charge in [-0.15, -0.1) is 0 Å². The lowest BCUT2D eigenvalue weighted by atomic mass is 10.2. The number of ether oxygens (including phenoxy) is 3. The number of esters is 1. The molecule has 0 spiro atoms. The number of halogens is 2. The summed E-state index contributed by atoms with van der Waals surface area (Å²) in [5.41, 5.74) is -0.731. The summed E-state index contributed by atoms with van der Waals surface area (Å²) in [5, 5.41) is 2.26. The molecule has 1 heterocycles. The molecule has 0 aliphatic carbocycles. The summed E-state index contributed by atoms with van der Waals surface area (Å²) in [5.74, 6) is -1.36. The zero-order valence-electron chi connectivity index (χ0n) is 14.0. The molecule has 1 rings (SSSR count). The molecule has 0 bridgehead atoms. The first-order chi connectivity index (χ1) is 11.0. The van der Waals surface area contributed by atoms with Crippen molar-refractivity contribution in [3.05, 3.63) is 0 Å². The number of carbonyl (C=O) groups excluding carboxylic acids is 3. The monoisotopic (exact) mass is 352 g/mol. The molecule has 138 valence electrons. The summed E-state index contributed by atoms with van der Waals surface area (Å²) < 4.78 is 38.6. The smallest absolute Gasteiger partial charge is 0.408 e. The van der Waals surface area contributed by atoms with Gasteiger partial charge in [0.15, 0.2) is 0 Å². The minimum absolute atomic E-state index is 0.102. The van der Waals surface area contributed by atoms with Crippen LogP contribution in [0.3, 0.4) is 0 Å². The molecule has 1 saturated heterocycles. The maximum Gasteiger partial charge on any atom is 0.408 e. The van der Waals surface area contributed by atoms with Crippen molar-refractivity contribution in [3.63, 3.8) is 0 Å². The Balaban J connectivity index is 2.64. The van der Waals surface area contributed by atoms with Gasteiger partial charge in [-0.05, 0) is 20.8 Å². The summed E-state index contributed by atoms with van der Waals surface area (Å²) in [6.07, 6.45) is -1.89. The van der Waals surface area contributed by atoms with Gasteiger partial charge >= 0.3 is 18.7 Å². The molecule has 2 atom stereocenters. The quantitative estimate of drug-likeness (QED) is 0.739. The van der Waals surface area contributed by atoms with Crippen molar-refractivity contribution >= 4 is 18.0 Å². The molecule has 8 nitrogen and oxygen atoms in total. The van der Waals surface area contributed by atoms with Crippen molar-refractivity contribution in [1.29, 1.82) is 0 Å². The van der Waals surface area contributed by atoms with Crippen LogP contribution >= 0.6 is 0 Å². The van der Waals surface area contributed by atoms with Gasteiger partial charge in [0.05, 0.1) is 13.2 Å². The fourth-order valence-electron chi connectivity index (χ4n) is 2.24. The van der Waals surface area contributed by atoms with Crippen LogP contribution in [0.1, 0.15) is 27.2 Å². The van der Waals surface area contributed by atoms with Crippen LogP contribution in [-0.2, 0) is 23.8 Å². The Morgan fingerprint density at radius 1 is 1.29 bits per heavy atom. The van der Waals surface area contributed by atoms with Gasteiger partial charge < -0.3 is 24.4 Å². The van der Waals surface area contributed by atoms with E-state index in [1.54, 1.807) is 20.8 Å². The predicted molar refractivity (Wildman–Crippen MR) is 77.2 cm³/mol. The highest BCUT2D eigenvalue weighted by molar-refractivity contribution is 5.88. The van der Waals surface area contributed by atoms with Crippen molar-refractivity contribution in [3.8, 4) is 0 Å². The van der Waals surface area contributed by atoms with Crippen LogP contribution in [0.2, 0.25) is 0 Å². The second-order valence-corrected chi connectivity index (χ2v) is 6.19. The van der Waals surface area contributed by atoms with Gasteiger partial charge in [-0.2, -0.15) is 8.78 Å². The summed E-state index contributed by atoms with van der Waals surface area (Å²) >= 11 is 0. The van der Waals surface area contributed by atoms with Crippen molar-refractivity contribution in [2.24, 2.45) is 0 Å². The average Bonchev–Trinajstić information content (AvgIpc) is 2.85. The lowest BCUT2D eigenvalue weighted by Crippen LogP contribution is -2.46. The predicted octanol–water partition coefficient (Wildman–Crippen LogP) is 0.893. The Kier molecular flexibility index (Phi) is 6.88. The molecule has 1 fully saturated rings. The average molecular weight is 352 g/mol. The number of nitrogens with zero attached hydrogens (tertiary/aromatic N) is 1. The van der Waals surface area contributed by atoms with Crippen LogP contribution in [0.4, 0.5) is 13.6 Å². The molecule has 0 aromatic heterocycles. The second kappa shape index (κ2) is 8.22. The Morgan fingerprint density at radius 3 is 2.42 bits per heavy atom. The van der Waals surface area contributed by atoms with Gasteiger partial charge in [0.1, 0.15) is 18.2 Å². The molecule has 1 aliphatic rings. The zero-order valence-corrected chi connectivity index (χ0v) is 14.0. The molecule has 10 heteroatoms. The zero-order chi connectivity index (χ0) is 18.5. The number of carbonyl (C=O) groups is 3. The van der Waals surface area contributed by atoms with E-state index >= 15 is 0 Å². The number of hydrogen-bond donors (Lipinski definition) is 1. The Hall–Kier alpha value is -1.97. The molecule has 2 amide bonds. The maximum absolute atomic E-state index is 12.3. The lowest BCUT2D eigenvalue weighted by molar-refractivity contribution is -0.160. The Morgan fingerprint density at radius 2 is 1.92 bits per heavy atom. The molecule has 24 heavy (non-hydrogen) atoms. The third-order valence-electron chi connectivity index (χ3n) is 3.13. The standard InChI is InChI=1S/C14H22F2N2O6/c1-14(2,3)24-13(21)17-6-10(19)18-7-8(23-12(15)16)5-9(18)11(20)22-4/h8-9,12H,5-7H2,1-4H3,(H,17,21)/t8-,9+/m1/s1. The van der Waals surface area contributed by atoms with E-state index in [9.17, 15) is 23.2 Å². The second-order valence-electron chi connectivity index (χ2n) is 6.19. The highest BCUT2D eigenvalue weighted by Crippen LogP contribution is 2.23. The minimum Gasteiger partial charge on any atom is -0.467 e. The van der Waals surface area contributed by atoms with Crippen LogP contribution in [0.25, 0.3) is 0 Å². The molecule has 0 radical (unpaired) electrons. The van der Waals surface area contributed by atoms with Crippen molar-refractivity contribution in [1.82, 2.24) is 10.2 Å². The van der Waals surface area contributed by atoms with E-state index in [1.807, 2.05) is 0 Å². The first-order valence-electron chi connectivity index (χ1n) is 7.31. The Bertz CT molecular complexity index is 480. The van der Waals surface area contributed by atoms with Crippen molar-refractivity contribution in [2.75, 3.05) is 20.2 Å². The van der Waals surface area contributed by atoms with E-state index in [1.165, 1.54) is 0 Å². The van der Waals surface area contributed by atoms with Gasteiger partial charge in [0.2, 0.25) is 5.91 Å². The SMILES string of the molecule is COC(=O)[C@@H]1C[C@@H](OC(F)F)CN1C(=O)CNC(=O)OC(C)(C)C. The molecule has 0 aromatic rings. The summed E-state index contributed by atoms with van der Waals surface area (Å²) in [4.78, 5) is 36.5. The molecular weight excluding hydrogens is 330 g/mol. The molecule has 0 unspecified atom stereocenters. The van der Waals surface area contributed by atoms with E-state index in [4.69, 9.17) is 4.74 Å². The number of rotatable bonds is 5. The van der Waals surface area contributed by atoms with Crippen LogP contribution in [0.15, 0.2) is 0 Å². The number of hydrogen-bond acceptors (Lipinski definition) is 6. The molecule has 0 saturated carbocycles. The van der Waals surface area contributed by atoms with E-state index < -0.39 is 48.9 Å². The summed E-state index contributed by atoms with van der Waals surface area (Å²) in [6, 6.07) is -1.04. The highest BCUT2D eigenvalue weighted by atomic mass is 19.3. The van der Waals surface area contributed by atoms with E-state index in [0.29, 0.717) is 0 Å². The number of amides is 2. The molecule has 1 aliphatic heterocycles. The maximum atomic E-state index is 12.3. The fourth-order valence-corrected chi connectivity index (χ4v) is 2.24. The summed E-state index contributed by atoms with van der Waals surface area (Å²) in [7, 11) is 1.13. The molecule has 0 aromatic carbocycles. The van der Waals surface area contributed by atoms with Crippen LogP contribution in [0, 0.1) is 0 Å². The van der Waals surface area contributed by atoms with E-state index in [-0.39, 0.29) is 13.0 Å². The number of nitrogens with one attached hydrogen (secondary N) is 1. The highest BCUT2D eigenvalue weighted by Gasteiger charge is 2.41. The first-order valence-corrected chi connectivity index (χ1v) is 7.31. The third-order valence-corrected chi connectivity index (χ3v) is 3.13. The Labute approximate surface area is 138 Å². The lowest BCUT2D eigenvalue weighted by Gasteiger charge is -2.23. The van der Waals surface area contributed by atoms with Crippen LogP contribution < -0.4 is 5.32 Å². The fraction of sp³-hybridized carbons (Fsp3) is 0.786. The molecule has 1 N–H and O–H groups in total. The van der Waals surface area contributed by atoms with E-state index in [2.05, 4.69) is 14.8 Å². The minimum atomic E-state index is -3.01. The van der Waals surface area contributed by atoms with Crippen molar-refractivity contribution in [2.45, 2.75) is 51.6 Å². The van der Waals surface area contributed by atoms with Gasteiger partial charge in [0, 0.05) is 13.0 Å². The number of methoxy groups -OCH3 is 1. The van der Waals surface area contributed by atoms with Gasteiger partial charge in [-0.25, -0.2) is 9.59 Å². The largest absolute Gasteiger partial charge is 0.467 e. The summed E-state index contributed by atoms with van der Waals surface area (Å²) in [6.45, 7) is 1.34. The number of alkyl carbamates (subject to hydrolysis) is 1. The van der Waals surface area contributed by atoms with E-state index in [0.717, 1.165) is 12.0 Å². The first kappa shape index (κ1) is 20.1. The van der Waals surface area contributed by atoms with Crippen LogP contribution in [-0.4, -0.2) is 67.4 Å². The van der Waals surface area contributed by atoms with Crippen molar-refractivity contribution < 1.29 is 37.4 Å². The van der Waals surface area contributed by atoms with Gasteiger partial charge in [0.25, 0.3) is 0 Å². The third kappa shape index (κ3) is 6.26. The normalized spacial score (nSPS) is 20.9. The van der Waals surface area contributed by atoms with Crippen LogP contribution in [0.5, 0.6) is 0 Å². The van der Waals surface area contributed by atoms with Gasteiger partial charge in [-0.3, -0.25) is 4.79 Å².